The van der Waals surface area contributed by atoms with Crippen molar-refractivity contribution in [3.63, 3.8) is 0 Å². The Balaban J connectivity index is 2.13. The number of nitrogens with one attached hydrogen (secondary N) is 2. The number of amides is 1. The molecule has 1 amide bonds. The van der Waals surface area contributed by atoms with Crippen LogP contribution in [0.4, 0.5) is 0 Å². The second-order valence-electron chi connectivity index (χ2n) is 4.91. The molecule has 1 atom stereocenters. The molecule has 0 aliphatic heterocycles. The standard InChI is InChI=1S/C14H18N4O/c1-10(2)6-12(11-4-3-5-15-7-11)18-14(19)13-8-16-9-17-13/h3-5,7-10,12H,6H2,1-2H3,(H,16,17)(H,18,19)/t12-/m0/s1. The van der Waals surface area contributed by atoms with E-state index in [1.54, 1.807) is 12.4 Å². The van der Waals surface area contributed by atoms with E-state index in [4.69, 9.17) is 0 Å². The number of hydrogen-bond acceptors (Lipinski definition) is 3. The molecule has 0 aliphatic rings. The molecule has 0 radical (unpaired) electrons. The number of aromatic nitrogens is 3. The molecule has 2 aromatic heterocycles. The Labute approximate surface area is 112 Å². The van der Waals surface area contributed by atoms with Crippen LogP contribution in [0.3, 0.4) is 0 Å². The maximum Gasteiger partial charge on any atom is 0.269 e. The van der Waals surface area contributed by atoms with Crippen molar-refractivity contribution >= 4 is 5.91 Å². The van der Waals surface area contributed by atoms with E-state index in [9.17, 15) is 4.79 Å². The molecule has 0 saturated heterocycles. The van der Waals surface area contributed by atoms with Gasteiger partial charge in [-0.3, -0.25) is 9.78 Å². The van der Waals surface area contributed by atoms with Gasteiger partial charge < -0.3 is 10.3 Å². The normalized spacial score (nSPS) is 12.4. The van der Waals surface area contributed by atoms with E-state index in [0.717, 1.165) is 12.0 Å². The Kier molecular flexibility index (Phi) is 4.28. The fourth-order valence-electron chi connectivity index (χ4n) is 1.95. The van der Waals surface area contributed by atoms with Crippen molar-refractivity contribution < 1.29 is 4.79 Å². The highest BCUT2D eigenvalue weighted by Gasteiger charge is 2.17. The van der Waals surface area contributed by atoms with Crippen LogP contribution in [-0.4, -0.2) is 20.9 Å². The summed E-state index contributed by atoms with van der Waals surface area (Å²) < 4.78 is 0. The van der Waals surface area contributed by atoms with Gasteiger partial charge in [0, 0.05) is 12.4 Å². The fourth-order valence-corrected chi connectivity index (χ4v) is 1.95. The van der Waals surface area contributed by atoms with Crippen molar-refractivity contribution in [1.29, 1.82) is 0 Å². The smallest absolute Gasteiger partial charge is 0.269 e. The number of carbonyl (C=O) groups excluding carboxylic acids is 1. The van der Waals surface area contributed by atoms with Crippen molar-refractivity contribution in [2.45, 2.75) is 26.3 Å². The van der Waals surface area contributed by atoms with E-state index in [0.29, 0.717) is 11.6 Å². The van der Waals surface area contributed by atoms with Crippen molar-refractivity contribution in [2.24, 2.45) is 5.92 Å². The summed E-state index contributed by atoms with van der Waals surface area (Å²) in [6.45, 7) is 4.26. The fraction of sp³-hybridized carbons (Fsp3) is 0.357. The third-order valence-corrected chi connectivity index (χ3v) is 2.84. The maximum absolute atomic E-state index is 12.1. The summed E-state index contributed by atoms with van der Waals surface area (Å²) in [6, 6.07) is 3.82. The van der Waals surface area contributed by atoms with Crippen LogP contribution in [0, 0.1) is 5.92 Å². The zero-order valence-corrected chi connectivity index (χ0v) is 11.1. The first-order valence-corrected chi connectivity index (χ1v) is 6.36. The molecule has 0 bridgehead atoms. The van der Waals surface area contributed by atoms with Crippen molar-refractivity contribution in [1.82, 2.24) is 20.3 Å². The molecule has 2 aromatic rings. The lowest BCUT2D eigenvalue weighted by molar-refractivity contribution is 0.0927. The lowest BCUT2D eigenvalue weighted by atomic mass is 9.98. The quantitative estimate of drug-likeness (QED) is 0.864. The van der Waals surface area contributed by atoms with Crippen LogP contribution in [0.1, 0.15) is 42.4 Å². The molecule has 2 N–H and O–H groups in total. The first kappa shape index (κ1) is 13.3. The van der Waals surface area contributed by atoms with Gasteiger partial charge in [0.15, 0.2) is 0 Å². The number of aromatic amines is 1. The molecule has 19 heavy (non-hydrogen) atoms. The molecule has 5 heteroatoms. The largest absolute Gasteiger partial charge is 0.344 e. The average molecular weight is 258 g/mol. The molecule has 2 rings (SSSR count). The summed E-state index contributed by atoms with van der Waals surface area (Å²) in [6.07, 6.45) is 7.40. The SMILES string of the molecule is CC(C)C[C@H](NC(=O)c1cnc[nH]1)c1cccnc1. The first-order chi connectivity index (χ1) is 9.16. The van der Waals surface area contributed by atoms with Gasteiger partial charge in [-0.25, -0.2) is 4.98 Å². The Morgan fingerprint density at radius 2 is 2.21 bits per heavy atom. The highest BCUT2D eigenvalue weighted by Crippen LogP contribution is 2.20. The number of carbonyl (C=O) groups is 1. The van der Waals surface area contributed by atoms with E-state index in [1.807, 2.05) is 12.1 Å². The summed E-state index contributed by atoms with van der Waals surface area (Å²) in [5, 5.41) is 3.02. The molecule has 2 heterocycles. The van der Waals surface area contributed by atoms with Crippen LogP contribution in [0.5, 0.6) is 0 Å². The van der Waals surface area contributed by atoms with Gasteiger partial charge in [-0.05, 0) is 24.0 Å². The molecule has 0 saturated carbocycles. The molecule has 0 aromatic carbocycles. The van der Waals surface area contributed by atoms with Crippen LogP contribution < -0.4 is 5.32 Å². The lowest BCUT2D eigenvalue weighted by Crippen LogP contribution is -2.29. The van der Waals surface area contributed by atoms with Crippen LogP contribution in [0.15, 0.2) is 37.1 Å². The monoisotopic (exact) mass is 258 g/mol. The van der Waals surface area contributed by atoms with Crippen LogP contribution in [-0.2, 0) is 0 Å². The molecular formula is C14H18N4O. The second-order valence-corrected chi connectivity index (χ2v) is 4.91. The Morgan fingerprint density at radius 1 is 1.37 bits per heavy atom. The van der Waals surface area contributed by atoms with E-state index < -0.39 is 0 Å². The number of H-pyrrole nitrogens is 1. The van der Waals surface area contributed by atoms with E-state index in [2.05, 4.69) is 34.1 Å². The van der Waals surface area contributed by atoms with E-state index >= 15 is 0 Å². The number of rotatable bonds is 5. The Bertz CT molecular complexity index is 508. The Hall–Kier alpha value is -2.17. The van der Waals surface area contributed by atoms with Gasteiger partial charge >= 0.3 is 0 Å². The minimum absolute atomic E-state index is 0.0375. The molecule has 5 nitrogen and oxygen atoms in total. The summed E-state index contributed by atoms with van der Waals surface area (Å²) in [7, 11) is 0. The summed E-state index contributed by atoms with van der Waals surface area (Å²) in [5.74, 6) is 0.333. The van der Waals surface area contributed by atoms with Gasteiger partial charge in [0.25, 0.3) is 5.91 Å². The number of nitrogens with zero attached hydrogens (tertiary/aromatic N) is 2. The lowest BCUT2D eigenvalue weighted by Gasteiger charge is -2.20. The van der Waals surface area contributed by atoms with Gasteiger partial charge in [0.1, 0.15) is 5.69 Å². The van der Waals surface area contributed by atoms with Crippen molar-refractivity contribution in [2.75, 3.05) is 0 Å². The predicted molar refractivity (Wildman–Crippen MR) is 72.5 cm³/mol. The average Bonchev–Trinajstić information content (AvgIpc) is 2.92. The van der Waals surface area contributed by atoms with Crippen molar-refractivity contribution in [3.05, 3.63) is 48.3 Å². The predicted octanol–water partition coefficient (Wildman–Crippen LogP) is 2.32. The second kappa shape index (κ2) is 6.13. The van der Waals surface area contributed by atoms with Gasteiger partial charge in [0.2, 0.25) is 0 Å². The Morgan fingerprint density at radius 3 is 2.79 bits per heavy atom. The zero-order valence-electron chi connectivity index (χ0n) is 11.1. The van der Waals surface area contributed by atoms with Crippen LogP contribution in [0.25, 0.3) is 0 Å². The van der Waals surface area contributed by atoms with E-state index in [1.165, 1.54) is 12.5 Å². The highest BCUT2D eigenvalue weighted by molar-refractivity contribution is 5.92. The maximum atomic E-state index is 12.1. The summed E-state index contributed by atoms with van der Waals surface area (Å²) in [5.41, 5.74) is 1.49. The summed E-state index contributed by atoms with van der Waals surface area (Å²) >= 11 is 0. The summed E-state index contributed by atoms with van der Waals surface area (Å²) in [4.78, 5) is 22.8. The van der Waals surface area contributed by atoms with Crippen LogP contribution >= 0.6 is 0 Å². The van der Waals surface area contributed by atoms with Gasteiger partial charge in [0.05, 0.1) is 18.6 Å². The number of imidazole rings is 1. The van der Waals surface area contributed by atoms with Crippen molar-refractivity contribution in [3.8, 4) is 0 Å². The number of hydrogen-bond donors (Lipinski definition) is 2. The third kappa shape index (κ3) is 3.64. The molecule has 0 fully saturated rings. The minimum Gasteiger partial charge on any atom is -0.344 e. The zero-order chi connectivity index (χ0) is 13.7. The number of pyridine rings is 1. The molecule has 100 valence electrons. The third-order valence-electron chi connectivity index (χ3n) is 2.84. The molecule has 0 aliphatic carbocycles. The van der Waals surface area contributed by atoms with E-state index in [-0.39, 0.29) is 11.9 Å². The molecular weight excluding hydrogens is 240 g/mol. The van der Waals surface area contributed by atoms with Gasteiger partial charge in [-0.1, -0.05) is 19.9 Å². The first-order valence-electron chi connectivity index (χ1n) is 6.36. The molecule has 0 spiro atoms. The van der Waals surface area contributed by atoms with Gasteiger partial charge in [-0.15, -0.1) is 0 Å². The topological polar surface area (TPSA) is 70.7 Å². The van der Waals surface area contributed by atoms with Gasteiger partial charge in [-0.2, -0.15) is 0 Å². The van der Waals surface area contributed by atoms with Crippen LogP contribution in [0.2, 0.25) is 0 Å². The minimum atomic E-state index is -0.146. The highest BCUT2D eigenvalue weighted by atomic mass is 16.1. The molecule has 0 unspecified atom stereocenters.